The van der Waals surface area contributed by atoms with Crippen LogP contribution >= 0.6 is 0 Å². The first-order chi connectivity index (χ1) is 9.62. The smallest absolute Gasteiger partial charge is 0.432 e. The molecule has 118 valence electrons. The molecule has 0 unspecified atom stereocenters. The van der Waals surface area contributed by atoms with Gasteiger partial charge in [-0.3, -0.25) is 0 Å². The van der Waals surface area contributed by atoms with E-state index in [-0.39, 0.29) is 18.0 Å². The van der Waals surface area contributed by atoms with Gasteiger partial charge in [-0.15, -0.1) is 0 Å². The molecule has 0 aromatic carbocycles. The molecule has 1 saturated heterocycles. The van der Waals surface area contributed by atoms with Crippen LogP contribution in [0.1, 0.15) is 48.0 Å². The molecular formula is C15H25BO5. The summed E-state index contributed by atoms with van der Waals surface area (Å²) in [6.07, 6.45) is 3.51. The molecule has 0 aromatic heterocycles. The number of carbonyl (C=O) groups excluding carboxylic acids is 1. The Kier molecular flexibility index (Phi) is 4.40. The van der Waals surface area contributed by atoms with Crippen molar-refractivity contribution in [3.63, 3.8) is 0 Å². The van der Waals surface area contributed by atoms with E-state index in [1.54, 1.807) is 13.8 Å². The van der Waals surface area contributed by atoms with Gasteiger partial charge in [-0.1, -0.05) is 12.2 Å². The summed E-state index contributed by atoms with van der Waals surface area (Å²) < 4.78 is 22.5. The van der Waals surface area contributed by atoms with Crippen molar-refractivity contribution in [2.75, 3.05) is 0 Å². The molecule has 0 amide bonds. The summed E-state index contributed by atoms with van der Waals surface area (Å²) in [5.74, 6) is -0.106. The van der Waals surface area contributed by atoms with Crippen LogP contribution in [-0.4, -0.2) is 36.7 Å². The first kappa shape index (κ1) is 16.4. The Labute approximate surface area is 127 Å². The molecule has 21 heavy (non-hydrogen) atoms. The Balaban J connectivity index is 2.00. The van der Waals surface area contributed by atoms with Crippen LogP contribution in [0.2, 0.25) is 5.82 Å². The number of hydrogen-bond donors (Lipinski definition) is 0. The highest BCUT2D eigenvalue weighted by atomic mass is 16.7. The van der Waals surface area contributed by atoms with Crippen LogP contribution in [0.25, 0.3) is 0 Å². The second-order valence-electron chi connectivity index (χ2n) is 6.94. The SMILES string of the molecule is CC(C)OC(=O)O[C@@H]1CC=C[C@H]1B1OC(C)(C)C(C)(C)O1. The van der Waals surface area contributed by atoms with E-state index in [0.717, 1.165) is 0 Å². The van der Waals surface area contributed by atoms with Gasteiger partial charge in [-0.25, -0.2) is 4.79 Å². The van der Waals surface area contributed by atoms with Gasteiger partial charge in [0.1, 0.15) is 6.10 Å². The van der Waals surface area contributed by atoms with E-state index in [0.29, 0.717) is 6.42 Å². The normalized spacial score (nSPS) is 30.0. The van der Waals surface area contributed by atoms with Crippen molar-refractivity contribution in [3.05, 3.63) is 12.2 Å². The van der Waals surface area contributed by atoms with Crippen molar-refractivity contribution in [2.45, 2.75) is 77.2 Å². The minimum Gasteiger partial charge on any atom is -0.432 e. The van der Waals surface area contributed by atoms with Crippen molar-refractivity contribution in [3.8, 4) is 0 Å². The molecule has 2 rings (SSSR count). The molecule has 0 bridgehead atoms. The van der Waals surface area contributed by atoms with Gasteiger partial charge in [-0.05, 0) is 41.5 Å². The van der Waals surface area contributed by atoms with Gasteiger partial charge in [0, 0.05) is 12.2 Å². The van der Waals surface area contributed by atoms with Crippen LogP contribution < -0.4 is 0 Å². The van der Waals surface area contributed by atoms with Gasteiger partial charge < -0.3 is 18.8 Å². The lowest BCUT2D eigenvalue weighted by Gasteiger charge is -2.32. The zero-order chi connectivity index (χ0) is 15.8. The van der Waals surface area contributed by atoms with Crippen LogP contribution in [-0.2, 0) is 18.8 Å². The van der Waals surface area contributed by atoms with Crippen LogP contribution in [0.3, 0.4) is 0 Å². The molecule has 2 atom stereocenters. The molecule has 1 heterocycles. The first-order valence-electron chi connectivity index (χ1n) is 7.52. The highest BCUT2D eigenvalue weighted by Gasteiger charge is 2.55. The largest absolute Gasteiger partial charge is 0.508 e. The zero-order valence-electron chi connectivity index (χ0n) is 13.7. The van der Waals surface area contributed by atoms with Gasteiger partial charge in [0.25, 0.3) is 0 Å². The average Bonchev–Trinajstić information content (AvgIpc) is 2.81. The fourth-order valence-corrected chi connectivity index (χ4v) is 2.43. The van der Waals surface area contributed by atoms with Gasteiger partial charge in [-0.2, -0.15) is 0 Å². The van der Waals surface area contributed by atoms with Crippen molar-refractivity contribution < 1.29 is 23.6 Å². The maximum absolute atomic E-state index is 11.7. The molecule has 0 N–H and O–H groups in total. The number of carbonyl (C=O) groups is 1. The van der Waals surface area contributed by atoms with Gasteiger partial charge in [0.2, 0.25) is 0 Å². The average molecular weight is 296 g/mol. The topological polar surface area (TPSA) is 54.0 Å². The fraction of sp³-hybridized carbons (Fsp3) is 0.800. The van der Waals surface area contributed by atoms with E-state index in [1.165, 1.54) is 0 Å². The van der Waals surface area contributed by atoms with E-state index in [9.17, 15) is 4.79 Å². The number of hydrogen-bond acceptors (Lipinski definition) is 5. The van der Waals surface area contributed by atoms with Gasteiger partial charge in [0.15, 0.2) is 0 Å². The van der Waals surface area contributed by atoms with Gasteiger partial charge >= 0.3 is 13.3 Å². The summed E-state index contributed by atoms with van der Waals surface area (Å²) in [6, 6.07) is 0. The van der Waals surface area contributed by atoms with E-state index in [4.69, 9.17) is 18.8 Å². The maximum atomic E-state index is 11.7. The van der Waals surface area contributed by atoms with Crippen molar-refractivity contribution in [1.82, 2.24) is 0 Å². The lowest BCUT2D eigenvalue weighted by molar-refractivity contribution is 0.00578. The summed E-state index contributed by atoms with van der Waals surface area (Å²) in [7, 11) is -0.411. The predicted octanol–water partition coefficient (Wildman–Crippen LogP) is 3.34. The molecule has 1 aliphatic heterocycles. The van der Waals surface area contributed by atoms with Gasteiger partial charge in [0.05, 0.1) is 17.3 Å². The molecule has 5 nitrogen and oxygen atoms in total. The van der Waals surface area contributed by atoms with Crippen LogP contribution in [0.5, 0.6) is 0 Å². The lowest BCUT2D eigenvalue weighted by Crippen LogP contribution is -2.41. The Morgan fingerprint density at radius 2 is 1.81 bits per heavy atom. The van der Waals surface area contributed by atoms with E-state index in [2.05, 4.69) is 0 Å². The van der Waals surface area contributed by atoms with E-state index in [1.807, 2.05) is 39.8 Å². The van der Waals surface area contributed by atoms with Crippen LogP contribution in [0.4, 0.5) is 4.79 Å². The minimum atomic E-state index is -0.639. The zero-order valence-corrected chi connectivity index (χ0v) is 13.7. The molecule has 6 heteroatoms. The molecule has 0 radical (unpaired) electrons. The maximum Gasteiger partial charge on any atom is 0.508 e. The molecule has 1 aliphatic carbocycles. The fourth-order valence-electron chi connectivity index (χ4n) is 2.43. The Morgan fingerprint density at radius 1 is 1.24 bits per heavy atom. The summed E-state index contributed by atoms with van der Waals surface area (Å²) in [5.41, 5.74) is -0.784. The number of rotatable bonds is 3. The molecule has 0 aromatic rings. The monoisotopic (exact) mass is 296 g/mol. The molecule has 0 spiro atoms. The number of ether oxygens (including phenoxy) is 2. The third-order valence-corrected chi connectivity index (χ3v) is 4.32. The summed E-state index contributed by atoms with van der Waals surface area (Å²) in [6.45, 7) is 11.6. The van der Waals surface area contributed by atoms with Crippen molar-refractivity contribution in [2.24, 2.45) is 0 Å². The highest BCUT2D eigenvalue weighted by molar-refractivity contribution is 6.48. The lowest BCUT2D eigenvalue weighted by atomic mass is 9.70. The minimum absolute atomic E-state index is 0.106. The Morgan fingerprint density at radius 3 is 2.33 bits per heavy atom. The van der Waals surface area contributed by atoms with Crippen LogP contribution in [0.15, 0.2) is 12.2 Å². The summed E-state index contributed by atoms with van der Waals surface area (Å²) >= 11 is 0. The summed E-state index contributed by atoms with van der Waals surface area (Å²) in [4.78, 5) is 11.7. The predicted molar refractivity (Wildman–Crippen MR) is 80.1 cm³/mol. The molecule has 0 saturated carbocycles. The quantitative estimate of drug-likeness (QED) is 0.454. The van der Waals surface area contributed by atoms with Crippen molar-refractivity contribution in [1.29, 1.82) is 0 Å². The Hall–Kier alpha value is -1.01. The second-order valence-corrected chi connectivity index (χ2v) is 6.94. The molecule has 2 aliphatic rings. The standard InChI is InChI=1S/C15H25BO5/c1-10(2)18-13(17)19-12-9-7-8-11(12)16-20-14(3,4)15(5,6)21-16/h7-8,10-12H,9H2,1-6H3/t11-,12-/m1/s1. The molecule has 1 fully saturated rings. The second kappa shape index (κ2) is 5.65. The summed E-state index contributed by atoms with van der Waals surface area (Å²) in [5, 5.41) is 0. The van der Waals surface area contributed by atoms with E-state index < -0.39 is 24.5 Å². The van der Waals surface area contributed by atoms with Crippen LogP contribution in [0, 0.1) is 0 Å². The molecular weight excluding hydrogens is 271 g/mol. The van der Waals surface area contributed by atoms with Crippen molar-refractivity contribution >= 4 is 13.3 Å². The third kappa shape index (κ3) is 3.43. The highest BCUT2D eigenvalue weighted by Crippen LogP contribution is 2.43. The first-order valence-corrected chi connectivity index (χ1v) is 7.52. The Bertz CT molecular complexity index is 414. The third-order valence-electron chi connectivity index (χ3n) is 4.32. The van der Waals surface area contributed by atoms with E-state index >= 15 is 0 Å².